The van der Waals surface area contributed by atoms with Crippen LogP contribution in [0.5, 0.6) is 0 Å². The first-order valence-electron chi connectivity index (χ1n) is 9.08. The third-order valence-electron chi connectivity index (χ3n) is 4.56. The van der Waals surface area contributed by atoms with Gasteiger partial charge in [-0.25, -0.2) is 18.4 Å². The Hall–Kier alpha value is -3.10. The first kappa shape index (κ1) is 18.3. The normalized spacial score (nSPS) is 13.9. The minimum atomic E-state index is -2.65. The lowest BCUT2D eigenvalue weighted by atomic mass is 10.1. The molecule has 0 saturated heterocycles. The summed E-state index contributed by atoms with van der Waals surface area (Å²) in [4.78, 5) is 16.4. The van der Waals surface area contributed by atoms with E-state index in [1.165, 1.54) is 17.1 Å². The maximum atomic E-state index is 12.9. The van der Waals surface area contributed by atoms with Crippen LogP contribution in [0.4, 0.5) is 14.7 Å². The lowest BCUT2D eigenvalue weighted by Gasteiger charge is -2.06. The first-order chi connectivity index (χ1) is 13.5. The molecular formula is C19H20F2N6O. The molecule has 1 saturated carbocycles. The van der Waals surface area contributed by atoms with Gasteiger partial charge in [0.1, 0.15) is 18.6 Å². The van der Waals surface area contributed by atoms with Crippen LogP contribution in [0, 0.1) is 6.92 Å². The molecule has 1 fully saturated rings. The predicted molar refractivity (Wildman–Crippen MR) is 98.1 cm³/mol. The van der Waals surface area contributed by atoms with Crippen molar-refractivity contribution in [3.8, 4) is 0 Å². The van der Waals surface area contributed by atoms with Gasteiger partial charge >= 0.3 is 0 Å². The molecule has 2 heterocycles. The highest BCUT2D eigenvalue weighted by atomic mass is 19.3. The zero-order chi connectivity index (χ0) is 19.7. The van der Waals surface area contributed by atoms with Crippen LogP contribution in [0.3, 0.4) is 0 Å². The number of anilines is 1. The molecule has 1 aromatic carbocycles. The van der Waals surface area contributed by atoms with Gasteiger partial charge in [-0.2, -0.15) is 5.10 Å². The molecule has 4 rings (SSSR count). The molecule has 0 unspecified atom stereocenters. The van der Waals surface area contributed by atoms with E-state index < -0.39 is 12.3 Å². The van der Waals surface area contributed by atoms with Gasteiger partial charge in [-0.15, -0.1) is 5.10 Å². The summed E-state index contributed by atoms with van der Waals surface area (Å²) in [6, 6.07) is 9.42. The van der Waals surface area contributed by atoms with E-state index in [4.69, 9.17) is 0 Å². The Morgan fingerprint density at radius 3 is 2.82 bits per heavy atom. The summed E-state index contributed by atoms with van der Waals surface area (Å²) < 4.78 is 28.9. The van der Waals surface area contributed by atoms with Crippen LogP contribution >= 0.6 is 0 Å². The van der Waals surface area contributed by atoms with Crippen LogP contribution < -0.4 is 5.32 Å². The average Bonchev–Trinajstić information content (AvgIpc) is 3.25. The van der Waals surface area contributed by atoms with Gasteiger partial charge in [0, 0.05) is 11.6 Å². The second kappa shape index (κ2) is 7.49. The molecule has 7 nitrogen and oxygen atoms in total. The van der Waals surface area contributed by atoms with Crippen molar-refractivity contribution in [2.24, 2.45) is 0 Å². The van der Waals surface area contributed by atoms with Gasteiger partial charge in [0.2, 0.25) is 11.9 Å². The summed E-state index contributed by atoms with van der Waals surface area (Å²) in [5, 5.41) is 10.7. The summed E-state index contributed by atoms with van der Waals surface area (Å²) in [5.74, 6) is -0.0227. The predicted octanol–water partition coefficient (Wildman–Crippen LogP) is 3.29. The number of rotatable bonds is 7. The van der Waals surface area contributed by atoms with Crippen molar-refractivity contribution in [3.05, 3.63) is 59.2 Å². The highest BCUT2D eigenvalue weighted by molar-refractivity contribution is 5.88. The zero-order valence-corrected chi connectivity index (χ0v) is 15.3. The molecule has 1 aliphatic rings. The van der Waals surface area contributed by atoms with Crippen molar-refractivity contribution in [1.82, 2.24) is 24.5 Å². The highest BCUT2D eigenvalue weighted by Crippen LogP contribution is 2.41. The van der Waals surface area contributed by atoms with E-state index in [-0.39, 0.29) is 24.1 Å². The molecule has 28 heavy (non-hydrogen) atoms. The Bertz CT molecular complexity index is 992. The maximum Gasteiger partial charge on any atom is 0.282 e. The van der Waals surface area contributed by atoms with E-state index in [1.54, 1.807) is 4.68 Å². The second-order valence-corrected chi connectivity index (χ2v) is 7.03. The van der Waals surface area contributed by atoms with Gasteiger partial charge in [-0.1, -0.05) is 29.8 Å². The van der Waals surface area contributed by atoms with Crippen LogP contribution in [0.2, 0.25) is 0 Å². The van der Waals surface area contributed by atoms with Crippen molar-refractivity contribution >= 4 is 11.9 Å². The van der Waals surface area contributed by atoms with Crippen LogP contribution in [0.1, 0.15) is 47.7 Å². The number of benzene rings is 1. The number of halogens is 2. The Morgan fingerprint density at radius 1 is 1.29 bits per heavy atom. The van der Waals surface area contributed by atoms with E-state index in [0.717, 1.165) is 24.0 Å². The van der Waals surface area contributed by atoms with Crippen molar-refractivity contribution in [2.45, 2.75) is 45.2 Å². The molecule has 3 aromatic rings. The molecule has 0 atom stereocenters. The average molecular weight is 386 g/mol. The number of aryl methyl sites for hydroxylation is 1. The SMILES string of the molecule is Cc1cccc(Cn2cnc(NC(=O)Cn3nc(C(F)F)cc3C3CC3)n2)c1. The molecule has 0 bridgehead atoms. The Balaban J connectivity index is 1.40. The third kappa shape index (κ3) is 4.24. The van der Waals surface area contributed by atoms with Gasteiger partial charge in [-0.3, -0.25) is 14.8 Å². The largest absolute Gasteiger partial charge is 0.292 e. The van der Waals surface area contributed by atoms with E-state index in [0.29, 0.717) is 12.2 Å². The molecule has 0 radical (unpaired) electrons. The third-order valence-corrected chi connectivity index (χ3v) is 4.56. The molecule has 146 valence electrons. The number of nitrogens with one attached hydrogen (secondary N) is 1. The lowest BCUT2D eigenvalue weighted by molar-refractivity contribution is -0.117. The first-order valence-corrected chi connectivity index (χ1v) is 9.08. The smallest absolute Gasteiger partial charge is 0.282 e. The molecule has 9 heteroatoms. The quantitative estimate of drug-likeness (QED) is 0.676. The van der Waals surface area contributed by atoms with Crippen LogP contribution in [0.15, 0.2) is 36.7 Å². The number of hydrogen-bond acceptors (Lipinski definition) is 4. The van der Waals surface area contributed by atoms with E-state index >= 15 is 0 Å². The molecule has 1 amide bonds. The van der Waals surface area contributed by atoms with Gasteiger partial charge < -0.3 is 0 Å². The highest BCUT2D eigenvalue weighted by Gasteiger charge is 2.30. The maximum absolute atomic E-state index is 12.9. The molecule has 0 aliphatic heterocycles. The number of carbonyl (C=O) groups excluding carboxylic acids is 1. The summed E-state index contributed by atoms with van der Waals surface area (Å²) in [5.41, 5.74) is 2.62. The van der Waals surface area contributed by atoms with Gasteiger partial charge in [-0.05, 0) is 31.4 Å². The minimum Gasteiger partial charge on any atom is -0.292 e. The molecule has 2 aromatic heterocycles. The fourth-order valence-corrected chi connectivity index (χ4v) is 3.12. The Kier molecular flexibility index (Phi) is 4.89. The van der Waals surface area contributed by atoms with E-state index in [1.807, 2.05) is 25.1 Å². The Morgan fingerprint density at radius 2 is 2.11 bits per heavy atom. The minimum absolute atomic E-state index is 0.148. The summed E-state index contributed by atoms with van der Waals surface area (Å²) in [7, 11) is 0. The molecule has 0 spiro atoms. The lowest BCUT2D eigenvalue weighted by Crippen LogP contribution is -2.21. The topological polar surface area (TPSA) is 77.6 Å². The number of alkyl halides is 2. The van der Waals surface area contributed by atoms with Gasteiger partial charge in [0.25, 0.3) is 6.43 Å². The second-order valence-electron chi connectivity index (χ2n) is 7.03. The van der Waals surface area contributed by atoms with Crippen LogP contribution in [-0.4, -0.2) is 30.5 Å². The van der Waals surface area contributed by atoms with Crippen molar-refractivity contribution in [1.29, 1.82) is 0 Å². The van der Waals surface area contributed by atoms with Crippen molar-refractivity contribution in [2.75, 3.05) is 5.32 Å². The monoisotopic (exact) mass is 386 g/mol. The molecule has 1 N–H and O–H groups in total. The number of carbonyl (C=O) groups is 1. The van der Waals surface area contributed by atoms with E-state index in [9.17, 15) is 13.6 Å². The number of amides is 1. The Labute approximate surface area is 160 Å². The summed E-state index contributed by atoms with van der Waals surface area (Å²) in [6.07, 6.45) is 0.749. The summed E-state index contributed by atoms with van der Waals surface area (Å²) >= 11 is 0. The number of hydrogen-bond donors (Lipinski definition) is 1. The fourth-order valence-electron chi connectivity index (χ4n) is 3.12. The van der Waals surface area contributed by atoms with Gasteiger partial charge in [0.05, 0.1) is 6.54 Å². The van der Waals surface area contributed by atoms with Crippen LogP contribution in [0.25, 0.3) is 0 Å². The number of aromatic nitrogens is 5. The molecular weight excluding hydrogens is 366 g/mol. The van der Waals surface area contributed by atoms with Crippen molar-refractivity contribution < 1.29 is 13.6 Å². The zero-order valence-electron chi connectivity index (χ0n) is 15.3. The van der Waals surface area contributed by atoms with Gasteiger partial charge in [0.15, 0.2) is 0 Å². The summed E-state index contributed by atoms with van der Waals surface area (Å²) in [6.45, 7) is 2.40. The van der Waals surface area contributed by atoms with Crippen LogP contribution in [-0.2, 0) is 17.9 Å². The molecule has 1 aliphatic carbocycles. The standard InChI is InChI=1S/C19H20F2N6O/c1-12-3-2-4-13(7-12)9-26-11-22-19(25-26)23-17(28)10-27-16(14-5-6-14)8-15(24-27)18(20)21/h2-4,7-8,11,14,18H,5-6,9-10H2,1H3,(H,23,25,28). The fraction of sp³-hybridized carbons (Fsp3) is 0.368. The van der Waals surface area contributed by atoms with E-state index in [2.05, 4.69) is 26.6 Å². The van der Waals surface area contributed by atoms with Crippen molar-refractivity contribution in [3.63, 3.8) is 0 Å². The number of nitrogens with zero attached hydrogens (tertiary/aromatic N) is 5.